The van der Waals surface area contributed by atoms with Crippen LogP contribution in [0.5, 0.6) is 0 Å². The third kappa shape index (κ3) is 2.61. The molecule has 2 fully saturated rings. The van der Waals surface area contributed by atoms with Crippen molar-refractivity contribution >= 4 is 26.5 Å². The number of hydrogen-bond donors (Lipinski definition) is 0. The van der Waals surface area contributed by atoms with E-state index in [1.54, 1.807) is 0 Å². The minimum atomic E-state index is -3.03. The summed E-state index contributed by atoms with van der Waals surface area (Å²) in [5.74, 6) is 0.0419. The molecule has 0 radical (unpaired) electrons. The number of sulfone groups is 1. The highest BCUT2D eigenvalue weighted by Gasteiger charge is 2.45. The van der Waals surface area contributed by atoms with E-state index in [9.17, 15) is 13.2 Å². The van der Waals surface area contributed by atoms with Crippen LogP contribution in [0.1, 0.15) is 36.0 Å². The molecular weight excluding hydrogens is 322 g/mol. The smallest absolute Gasteiger partial charge is 0.254 e. The molecule has 2 aliphatic heterocycles. The monoisotopic (exact) mass is 343 g/mol. The number of rotatable bonds is 2. The standard InChI is InChI=1S/C19H21NO3S/c1-24(22,23)18-11-16-8-9-17(12-18)20(16)19(21)15-7-6-13-4-2-3-5-14(13)10-15/h2-7,10,16-18H,8-9,11-12H2,1H3. The van der Waals surface area contributed by atoms with Crippen LogP contribution in [-0.4, -0.2) is 42.8 Å². The number of benzene rings is 2. The molecule has 2 unspecified atom stereocenters. The molecule has 0 N–H and O–H groups in total. The first-order chi connectivity index (χ1) is 11.4. The Morgan fingerprint density at radius 2 is 1.62 bits per heavy atom. The summed E-state index contributed by atoms with van der Waals surface area (Å²) in [6, 6.07) is 13.9. The average Bonchev–Trinajstić information content (AvgIpc) is 2.82. The Labute approximate surface area is 142 Å². The van der Waals surface area contributed by atoms with Crippen LogP contribution in [0.25, 0.3) is 10.8 Å². The molecule has 2 bridgehead atoms. The van der Waals surface area contributed by atoms with Gasteiger partial charge in [-0.1, -0.05) is 30.3 Å². The summed E-state index contributed by atoms with van der Waals surface area (Å²) in [7, 11) is -3.03. The maximum absolute atomic E-state index is 13.0. The summed E-state index contributed by atoms with van der Waals surface area (Å²) in [5, 5.41) is 1.88. The number of amides is 1. The Bertz CT molecular complexity index is 892. The summed E-state index contributed by atoms with van der Waals surface area (Å²) in [6.45, 7) is 0. The summed E-state index contributed by atoms with van der Waals surface area (Å²) in [6.07, 6.45) is 4.30. The number of nitrogens with zero attached hydrogens (tertiary/aromatic N) is 1. The molecule has 4 rings (SSSR count). The van der Waals surface area contributed by atoms with E-state index in [4.69, 9.17) is 0 Å². The second kappa shape index (κ2) is 5.59. The van der Waals surface area contributed by atoms with E-state index in [2.05, 4.69) is 0 Å². The van der Waals surface area contributed by atoms with E-state index in [1.165, 1.54) is 6.26 Å². The van der Waals surface area contributed by atoms with Gasteiger partial charge in [-0.15, -0.1) is 0 Å². The maximum Gasteiger partial charge on any atom is 0.254 e. The van der Waals surface area contributed by atoms with Crippen LogP contribution >= 0.6 is 0 Å². The fraction of sp³-hybridized carbons (Fsp3) is 0.421. The molecule has 0 aliphatic carbocycles. The second-order valence-corrected chi connectivity index (χ2v) is 9.41. The Hall–Kier alpha value is -1.88. The highest BCUT2D eigenvalue weighted by Crippen LogP contribution is 2.39. The number of carbonyl (C=O) groups is 1. The van der Waals surface area contributed by atoms with Crippen LogP contribution in [-0.2, 0) is 9.84 Å². The molecule has 0 spiro atoms. The van der Waals surface area contributed by atoms with Crippen molar-refractivity contribution < 1.29 is 13.2 Å². The molecule has 2 saturated heterocycles. The molecule has 1 amide bonds. The minimum Gasteiger partial charge on any atom is -0.333 e. The molecular formula is C19H21NO3S. The Kier molecular flexibility index (Phi) is 3.64. The number of fused-ring (bicyclic) bond motifs is 3. The summed E-state index contributed by atoms with van der Waals surface area (Å²) in [5.41, 5.74) is 0.698. The molecule has 2 aromatic rings. The average molecular weight is 343 g/mol. The highest BCUT2D eigenvalue weighted by atomic mass is 32.2. The van der Waals surface area contributed by atoms with Crippen molar-refractivity contribution in [3.63, 3.8) is 0 Å². The van der Waals surface area contributed by atoms with E-state index in [1.807, 2.05) is 47.4 Å². The van der Waals surface area contributed by atoms with Crippen molar-refractivity contribution in [1.82, 2.24) is 4.90 Å². The predicted molar refractivity (Wildman–Crippen MR) is 94.8 cm³/mol. The van der Waals surface area contributed by atoms with Crippen molar-refractivity contribution in [2.75, 3.05) is 6.26 Å². The van der Waals surface area contributed by atoms with Crippen molar-refractivity contribution in [2.24, 2.45) is 0 Å². The van der Waals surface area contributed by atoms with Crippen molar-refractivity contribution in [3.8, 4) is 0 Å². The first-order valence-electron chi connectivity index (χ1n) is 8.44. The van der Waals surface area contributed by atoms with Crippen LogP contribution in [0.4, 0.5) is 0 Å². The molecule has 0 aromatic heterocycles. The molecule has 2 atom stereocenters. The predicted octanol–water partition coefficient (Wildman–Crippen LogP) is 3.02. The van der Waals surface area contributed by atoms with Crippen molar-refractivity contribution in [1.29, 1.82) is 0 Å². The van der Waals surface area contributed by atoms with E-state index < -0.39 is 9.84 Å². The normalized spacial score (nSPS) is 26.7. The maximum atomic E-state index is 13.0. The highest BCUT2D eigenvalue weighted by molar-refractivity contribution is 7.91. The van der Waals surface area contributed by atoms with Gasteiger partial charge in [-0.2, -0.15) is 0 Å². The summed E-state index contributed by atoms with van der Waals surface area (Å²) >= 11 is 0. The molecule has 4 nitrogen and oxygen atoms in total. The van der Waals surface area contributed by atoms with Crippen LogP contribution in [0.3, 0.4) is 0 Å². The fourth-order valence-electron chi connectivity index (χ4n) is 4.28. The SMILES string of the molecule is CS(=O)(=O)C1CC2CCC(C1)N2C(=O)c1ccc2ccccc2c1. The Morgan fingerprint density at radius 3 is 2.25 bits per heavy atom. The van der Waals surface area contributed by atoms with Gasteiger partial charge in [-0.05, 0) is 48.6 Å². The van der Waals surface area contributed by atoms with Gasteiger partial charge in [0.2, 0.25) is 0 Å². The summed E-state index contributed by atoms with van der Waals surface area (Å²) in [4.78, 5) is 15.0. The van der Waals surface area contributed by atoms with Gasteiger partial charge in [-0.25, -0.2) is 8.42 Å². The first-order valence-corrected chi connectivity index (χ1v) is 10.4. The fourth-order valence-corrected chi connectivity index (χ4v) is 5.42. The van der Waals surface area contributed by atoms with Crippen molar-refractivity contribution in [2.45, 2.75) is 43.0 Å². The van der Waals surface area contributed by atoms with Crippen LogP contribution in [0.2, 0.25) is 0 Å². The zero-order valence-electron chi connectivity index (χ0n) is 13.7. The quantitative estimate of drug-likeness (QED) is 0.842. The molecule has 0 saturated carbocycles. The zero-order chi connectivity index (χ0) is 16.9. The molecule has 2 aliphatic rings. The van der Waals surface area contributed by atoms with E-state index >= 15 is 0 Å². The van der Waals surface area contributed by atoms with Gasteiger partial charge in [0.15, 0.2) is 0 Å². The van der Waals surface area contributed by atoms with Crippen LogP contribution in [0, 0.1) is 0 Å². The van der Waals surface area contributed by atoms with E-state index in [0.717, 1.165) is 23.6 Å². The van der Waals surface area contributed by atoms with Gasteiger partial charge in [-0.3, -0.25) is 4.79 Å². The second-order valence-electron chi connectivity index (χ2n) is 7.08. The van der Waals surface area contributed by atoms with Crippen LogP contribution in [0.15, 0.2) is 42.5 Å². The first kappa shape index (κ1) is 15.6. The molecule has 5 heteroatoms. The van der Waals surface area contributed by atoms with Crippen molar-refractivity contribution in [3.05, 3.63) is 48.0 Å². The number of piperidine rings is 1. The largest absolute Gasteiger partial charge is 0.333 e. The molecule has 126 valence electrons. The lowest BCUT2D eigenvalue weighted by Gasteiger charge is -2.38. The minimum absolute atomic E-state index is 0.0419. The molecule has 2 heterocycles. The third-order valence-electron chi connectivity index (χ3n) is 5.53. The Morgan fingerprint density at radius 1 is 1.00 bits per heavy atom. The van der Waals surface area contributed by atoms with E-state index in [0.29, 0.717) is 18.4 Å². The Balaban J connectivity index is 1.63. The van der Waals surface area contributed by atoms with Gasteiger partial charge in [0.25, 0.3) is 5.91 Å². The molecule has 24 heavy (non-hydrogen) atoms. The lowest BCUT2D eigenvalue weighted by molar-refractivity contribution is 0.0598. The van der Waals surface area contributed by atoms with Gasteiger partial charge in [0.05, 0.1) is 5.25 Å². The molecule has 2 aromatic carbocycles. The summed E-state index contributed by atoms with van der Waals surface area (Å²) < 4.78 is 23.8. The lowest BCUT2D eigenvalue weighted by atomic mass is 10.00. The third-order valence-corrected chi connectivity index (χ3v) is 7.12. The zero-order valence-corrected chi connectivity index (χ0v) is 14.5. The number of carbonyl (C=O) groups excluding carboxylic acids is 1. The van der Waals surface area contributed by atoms with Gasteiger partial charge < -0.3 is 4.90 Å². The van der Waals surface area contributed by atoms with E-state index in [-0.39, 0.29) is 23.2 Å². The van der Waals surface area contributed by atoms with Gasteiger partial charge in [0.1, 0.15) is 9.84 Å². The van der Waals surface area contributed by atoms with Gasteiger partial charge in [0, 0.05) is 23.9 Å². The topological polar surface area (TPSA) is 54.5 Å². The van der Waals surface area contributed by atoms with Crippen LogP contribution < -0.4 is 0 Å². The van der Waals surface area contributed by atoms with Gasteiger partial charge >= 0.3 is 0 Å². The lowest BCUT2D eigenvalue weighted by Crippen LogP contribution is -2.49. The number of hydrogen-bond acceptors (Lipinski definition) is 3.